The molecule has 0 saturated carbocycles. The molecule has 134 valence electrons. The Morgan fingerprint density at radius 3 is 2.60 bits per heavy atom. The normalized spacial score (nSPS) is 18.9. The maximum Gasteiger partial charge on any atom is 0.162 e. The van der Waals surface area contributed by atoms with E-state index in [9.17, 15) is 4.21 Å². The molecule has 0 bridgehead atoms. The standard InChI is InChI=1S/C17H24N6OS/c1-25(2,24)22-8-14-4-3-5-23(11-14)12-15-6-20-17(21-7-15)16-9-18-13-19-10-16/h6-7,9-10,13-14H,3-5,8,11-12H2,1-2H3. The van der Waals surface area contributed by atoms with Gasteiger partial charge in [-0.2, -0.15) is 0 Å². The van der Waals surface area contributed by atoms with Crippen LogP contribution in [-0.2, 0) is 16.3 Å². The zero-order valence-corrected chi connectivity index (χ0v) is 15.5. The molecule has 1 unspecified atom stereocenters. The lowest BCUT2D eigenvalue weighted by molar-refractivity contribution is 0.171. The zero-order valence-electron chi connectivity index (χ0n) is 14.7. The lowest BCUT2D eigenvalue weighted by Gasteiger charge is -2.31. The number of rotatable bonds is 5. The van der Waals surface area contributed by atoms with E-state index in [0.717, 1.165) is 43.6 Å². The molecule has 0 N–H and O–H groups in total. The summed E-state index contributed by atoms with van der Waals surface area (Å²) < 4.78 is 16.1. The highest BCUT2D eigenvalue weighted by Gasteiger charge is 2.20. The van der Waals surface area contributed by atoms with Crippen molar-refractivity contribution in [3.05, 3.63) is 36.7 Å². The van der Waals surface area contributed by atoms with Gasteiger partial charge >= 0.3 is 0 Å². The van der Waals surface area contributed by atoms with E-state index in [4.69, 9.17) is 0 Å². The first kappa shape index (κ1) is 17.9. The third-order valence-corrected chi connectivity index (χ3v) is 4.95. The Morgan fingerprint density at radius 1 is 1.20 bits per heavy atom. The Balaban J connectivity index is 1.59. The molecule has 2 aromatic heterocycles. The third-order valence-electron chi connectivity index (χ3n) is 4.18. The summed E-state index contributed by atoms with van der Waals surface area (Å²) in [6.07, 6.45) is 14.3. The number of likely N-dealkylation sites (tertiary alicyclic amines) is 1. The van der Waals surface area contributed by atoms with Crippen LogP contribution in [0.5, 0.6) is 0 Å². The van der Waals surface area contributed by atoms with Gasteiger partial charge in [0.1, 0.15) is 6.33 Å². The van der Waals surface area contributed by atoms with Crippen LogP contribution in [0.15, 0.2) is 35.5 Å². The maximum absolute atomic E-state index is 11.7. The molecule has 0 radical (unpaired) electrons. The lowest BCUT2D eigenvalue weighted by Crippen LogP contribution is -2.36. The minimum Gasteiger partial charge on any atom is -0.299 e. The Labute approximate surface area is 149 Å². The SMILES string of the molecule is CS(C)(=O)=NCC1CCCN(Cc2cnc(-c3cncnc3)nc2)C1. The van der Waals surface area contributed by atoms with E-state index < -0.39 is 9.73 Å². The Hall–Kier alpha value is -1.93. The summed E-state index contributed by atoms with van der Waals surface area (Å²) in [5.41, 5.74) is 1.91. The number of aromatic nitrogens is 4. The largest absolute Gasteiger partial charge is 0.299 e. The topological polar surface area (TPSA) is 84.2 Å². The molecule has 1 atom stereocenters. The highest BCUT2D eigenvalue weighted by Crippen LogP contribution is 2.19. The summed E-state index contributed by atoms with van der Waals surface area (Å²) >= 11 is 0. The van der Waals surface area contributed by atoms with Gasteiger partial charge in [0.15, 0.2) is 5.82 Å². The number of piperidine rings is 1. The van der Waals surface area contributed by atoms with Crippen molar-refractivity contribution in [1.29, 1.82) is 0 Å². The molecule has 3 heterocycles. The van der Waals surface area contributed by atoms with E-state index in [-0.39, 0.29) is 0 Å². The molecule has 1 saturated heterocycles. The molecule has 7 nitrogen and oxygen atoms in total. The van der Waals surface area contributed by atoms with E-state index in [2.05, 4.69) is 29.2 Å². The van der Waals surface area contributed by atoms with Crippen LogP contribution < -0.4 is 0 Å². The molecular weight excluding hydrogens is 336 g/mol. The van der Waals surface area contributed by atoms with Crippen LogP contribution in [0.3, 0.4) is 0 Å². The van der Waals surface area contributed by atoms with Gasteiger partial charge in [-0.3, -0.25) is 9.11 Å². The lowest BCUT2D eigenvalue weighted by atomic mass is 9.98. The second-order valence-electron chi connectivity index (χ2n) is 6.78. The van der Waals surface area contributed by atoms with E-state index in [0.29, 0.717) is 18.3 Å². The second-order valence-corrected chi connectivity index (χ2v) is 9.40. The van der Waals surface area contributed by atoms with E-state index in [1.807, 2.05) is 12.4 Å². The monoisotopic (exact) mass is 360 g/mol. The summed E-state index contributed by atoms with van der Waals surface area (Å²) in [6, 6.07) is 0. The van der Waals surface area contributed by atoms with Crippen LogP contribution in [0.4, 0.5) is 0 Å². The molecule has 0 aromatic carbocycles. The molecule has 25 heavy (non-hydrogen) atoms. The van der Waals surface area contributed by atoms with Gasteiger partial charge in [-0.15, -0.1) is 0 Å². The van der Waals surface area contributed by atoms with Crippen molar-refractivity contribution < 1.29 is 4.21 Å². The molecule has 1 fully saturated rings. The second kappa shape index (κ2) is 7.97. The van der Waals surface area contributed by atoms with Gasteiger partial charge in [-0.25, -0.2) is 24.3 Å². The smallest absolute Gasteiger partial charge is 0.162 e. The fraction of sp³-hybridized carbons (Fsp3) is 0.529. The highest BCUT2D eigenvalue weighted by molar-refractivity contribution is 7.92. The van der Waals surface area contributed by atoms with Crippen molar-refractivity contribution in [1.82, 2.24) is 24.8 Å². The predicted molar refractivity (Wildman–Crippen MR) is 98.3 cm³/mol. The van der Waals surface area contributed by atoms with Gasteiger partial charge < -0.3 is 0 Å². The quantitative estimate of drug-likeness (QED) is 0.809. The first-order chi connectivity index (χ1) is 12.0. The Morgan fingerprint density at radius 2 is 1.92 bits per heavy atom. The minimum absolute atomic E-state index is 0.483. The van der Waals surface area contributed by atoms with Crippen molar-refractivity contribution in [3.63, 3.8) is 0 Å². The Kier molecular flexibility index (Phi) is 5.70. The molecule has 8 heteroatoms. The van der Waals surface area contributed by atoms with Gasteiger partial charge in [-0.05, 0) is 25.3 Å². The van der Waals surface area contributed by atoms with Gasteiger partial charge in [0.2, 0.25) is 0 Å². The fourth-order valence-electron chi connectivity index (χ4n) is 2.99. The van der Waals surface area contributed by atoms with Crippen molar-refractivity contribution in [2.45, 2.75) is 19.4 Å². The average Bonchev–Trinajstić information content (AvgIpc) is 2.61. The van der Waals surface area contributed by atoms with Crippen LogP contribution in [0.2, 0.25) is 0 Å². The summed E-state index contributed by atoms with van der Waals surface area (Å²) in [5, 5.41) is 0. The van der Waals surface area contributed by atoms with Crippen LogP contribution in [-0.4, -0.2) is 61.2 Å². The highest BCUT2D eigenvalue weighted by atomic mass is 32.2. The van der Waals surface area contributed by atoms with Crippen molar-refractivity contribution in [2.75, 3.05) is 32.1 Å². The molecule has 3 rings (SSSR count). The third kappa shape index (κ3) is 5.54. The first-order valence-corrected chi connectivity index (χ1v) is 10.7. The minimum atomic E-state index is -2.00. The number of nitrogens with zero attached hydrogens (tertiary/aromatic N) is 6. The first-order valence-electron chi connectivity index (χ1n) is 8.41. The van der Waals surface area contributed by atoms with Gasteiger partial charge in [0.05, 0.1) is 12.1 Å². The molecule has 0 aliphatic carbocycles. The van der Waals surface area contributed by atoms with Crippen molar-refractivity contribution in [3.8, 4) is 11.4 Å². The average molecular weight is 360 g/mol. The molecule has 2 aromatic rings. The summed E-state index contributed by atoms with van der Waals surface area (Å²) in [4.78, 5) is 19.2. The van der Waals surface area contributed by atoms with Crippen LogP contribution in [0.25, 0.3) is 11.4 Å². The summed E-state index contributed by atoms with van der Waals surface area (Å²) in [7, 11) is -2.00. The molecule has 0 amide bonds. The van der Waals surface area contributed by atoms with Crippen LogP contribution in [0.1, 0.15) is 18.4 Å². The van der Waals surface area contributed by atoms with Gasteiger partial charge in [0.25, 0.3) is 0 Å². The summed E-state index contributed by atoms with van der Waals surface area (Å²) in [5.74, 6) is 1.12. The van der Waals surface area contributed by atoms with E-state index in [1.54, 1.807) is 24.9 Å². The molecule has 0 spiro atoms. The number of hydrogen-bond donors (Lipinski definition) is 0. The number of hydrogen-bond acceptors (Lipinski definition) is 7. The molecular formula is C17H24N6OS. The van der Waals surface area contributed by atoms with Crippen LogP contribution in [0, 0.1) is 5.92 Å². The fourth-order valence-corrected chi connectivity index (χ4v) is 3.56. The van der Waals surface area contributed by atoms with Crippen molar-refractivity contribution in [2.24, 2.45) is 10.3 Å². The molecule has 1 aliphatic heterocycles. The zero-order chi connectivity index (χ0) is 17.7. The molecule has 1 aliphatic rings. The Bertz CT molecular complexity index is 794. The van der Waals surface area contributed by atoms with Crippen molar-refractivity contribution >= 4 is 9.73 Å². The predicted octanol–water partition coefficient (Wildman–Crippen LogP) is 1.87. The van der Waals surface area contributed by atoms with Gasteiger partial charge in [0, 0.05) is 65.7 Å². The van der Waals surface area contributed by atoms with Gasteiger partial charge in [-0.1, -0.05) is 0 Å². The van der Waals surface area contributed by atoms with Crippen LogP contribution >= 0.6 is 0 Å². The van der Waals surface area contributed by atoms with E-state index >= 15 is 0 Å². The summed E-state index contributed by atoms with van der Waals surface area (Å²) in [6.45, 7) is 3.56. The van der Waals surface area contributed by atoms with E-state index in [1.165, 1.54) is 6.33 Å². The maximum atomic E-state index is 11.7.